The first-order valence-corrected chi connectivity index (χ1v) is 11.8. The lowest BCUT2D eigenvalue weighted by molar-refractivity contribution is 0.0695. The van der Waals surface area contributed by atoms with Gasteiger partial charge in [0, 0.05) is 11.8 Å². The SMILES string of the molecule is Cc1cc(O)c2c(c1)[C@H]([C@H]1c3cccc(O)c3C(=O)c3c(O)cc(C(=O)O)cc31)c1cccc(O)c1C2=O. The van der Waals surface area contributed by atoms with Crippen LogP contribution in [0.3, 0.4) is 0 Å². The molecule has 0 amide bonds. The smallest absolute Gasteiger partial charge is 0.335 e. The minimum Gasteiger partial charge on any atom is -0.507 e. The second kappa shape index (κ2) is 7.94. The third-order valence-electron chi connectivity index (χ3n) is 7.42. The second-order valence-corrected chi connectivity index (χ2v) is 9.61. The van der Waals surface area contributed by atoms with E-state index in [-0.39, 0.29) is 50.6 Å². The highest BCUT2D eigenvalue weighted by atomic mass is 16.4. The van der Waals surface area contributed by atoms with Gasteiger partial charge in [0.1, 0.15) is 23.0 Å². The first-order valence-electron chi connectivity index (χ1n) is 11.8. The van der Waals surface area contributed by atoms with E-state index in [1.165, 1.54) is 24.3 Å². The predicted molar refractivity (Wildman–Crippen MR) is 135 cm³/mol. The third kappa shape index (κ3) is 3.06. The van der Waals surface area contributed by atoms with Crippen molar-refractivity contribution in [2.24, 2.45) is 0 Å². The maximum Gasteiger partial charge on any atom is 0.335 e. The van der Waals surface area contributed by atoms with Crippen LogP contribution in [0, 0.1) is 6.92 Å². The van der Waals surface area contributed by atoms with Gasteiger partial charge in [0.05, 0.1) is 27.8 Å². The van der Waals surface area contributed by atoms with Crippen LogP contribution in [0.4, 0.5) is 0 Å². The Bertz CT molecular complexity index is 1750. The van der Waals surface area contributed by atoms with Crippen molar-refractivity contribution in [2.45, 2.75) is 18.8 Å². The molecule has 38 heavy (non-hydrogen) atoms. The summed E-state index contributed by atoms with van der Waals surface area (Å²) in [6.07, 6.45) is 0. The molecule has 4 aromatic carbocycles. The number of hydrogen-bond acceptors (Lipinski definition) is 7. The number of hydrogen-bond donors (Lipinski definition) is 5. The Kier molecular flexibility index (Phi) is 4.87. The molecule has 8 nitrogen and oxygen atoms in total. The normalized spacial score (nSPS) is 17.3. The average Bonchev–Trinajstić information content (AvgIpc) is 2.84. The standard InChI is InChI=1S/C30H20O8/c1-12-8-16-22(14-4-2-6-18(31)24(14)28(35)26(16)20(33)9-12)23-15-5-3-7-19(32)25(15)29(36)27-17(23)10-13(30(37)38)11-21(27)34/h2-11,22-23,31-34H,1H3,(H,37,38)/t22-,23+/m1/s1. The lowest BCUT2D eigenvalue weighted by atomic mass is 9.63. The third-order valence-corrected chi connectivity index (χ3v) is 7.42. The molecule has 0 spiro atoms. The van der Waals surface area contributed by atoms with Gasteiger partial charge < -0.3 is 25.5 Å². The van der Waals surface area contributed by atoms with Gasteiger partial charge in [-0.1, -0.05) is 30.3 Å². The summed E-state index contributed by atoms with van der Waals surface area (Å²) >= 11 is 0. The van der Waals surface area contributed by atoms with Crippen LogP contribution in [0.1, 0.15) is 81.9 Å². The second-order valence-electron chi connectivity index (χ2n) is 9.61. The van der Waals surface area contributed by atoms with E-state index >= 15 is 0 Å². The number of rotatable bonds is 2. The Labute approximate surface area is 215 Å². The molecule has 0 saturated heterocycles. The highest BCUT2D eigenvalue weighted by Gasteiger charge is 2.45. The van der Waals surface area contributed by atoms with Crippen LogP contribution in [0.2, 0.25) is 0 Å². The fraction of sp³-hybridized carbons (Fsp3) is 0.100. The molecule has 0 fully saturated rings. The molecule has 0 bridgehead atoms. The summed E-state index contributed by atoms with van der Waals surface area (Å²) in [5.41, 5.74) is 1.47. The molecule has 8 heteroatoms. The van der Waals surface area contributed by atoms with Gasteiger partial charge >= 0.3 is 5.97 Å². The van der Waals surface area contributed by atoms with Gasteiger partial charge in [-0.25, -0.2) is 4.79 Å². The molecular formula is C30H20O8. The van der Waals surface area contributed by atoms with Crippen LogP contribution in [0.5, 0.6) is 23.0 Å². The Balaban J connectivity index is 1.78. The molecule has 2 aliphatic carbocycles. The van der Waals surface area contributed by atoms with Crippen LogP contribution < -0.4 is 0 Å². The average molecular weight is 508 g/mol. The molecule has 0 heterocycles. The Morgan fingerprint density at radius 3 is 1.55 bits per heavy atom. The largest absolute Gasteiger partial charge is 0.507 e. The van der Waals surface area contributed by atoms with E-state index in [1.54, 1.807) is 37.3 Å². The Morgan fingerprint density at radius 2 is 1.05 bits per heavy atom. The van der Waals surface area contributed by atoms with E-state index in [4.69, 9.17) is 0 Å². The van der Waals surface area contributed by atoms with Crippen LogP contribution >= 0.6 is 0 Å². The summed E-state index contributed by atoms with van der Waals surface area (Å²) in [5, 5.41) is 52.9. The molecule has 188 valence electrons. The highest BCUT2D eigenvalue weighted by molar-refractivity contribution is 6.18. The lowest BCUT2D eigenvalue weighted by Gasteiger charge is -2.38. The fourth-order valence-electron chi connectivity index (χ4n) is 5.98. The molecule has 6 rings (SSSR count). The molecule has 0 unspecified atom stereocenters. The number of carbonyl (C=O) groups is 3. The Hall–Kier alpha value is -5.11. The van der Waals surface area contributed by atoms with E-state index in [0.717, 1.165) is 6.07 Å². The zero-order valence-corrected chi connectivity index (χ0v) is 19.9. The maximum absolute atomic E-state index is 13.6. The van der Waals surface area contributed by atoms with E-state index in [1.807, 2.05) is 0 Å². The van der Waals surface area contributed by atoms with Crippen molar-refractivity contribution < 1.29 is 39.9 Å². The number of phenols is 4. The molecule has 2 atom stereocenters. The van der Waals surface area contributed by atoms with Crippen molar-refractivity contribution >= 4 is 17.5 Å². The summed E-state index contributed by atoms with van der Waals surface area (Å²) in [6.45, 7) is 1.74. The molecular weight excluding hydrogens is 488 g/mol. The lowest BCUT2D eigenvalue weighted by Crippen LogP contribution is -2.30. The monoisotopic (exact) mass is 508 g/mol. The van der Waals surface area contributed by atoms with E-state index in [9.17, 15) is 39.9 Å². The minimum absolute atomic E-state index is 0.0200. The van der Waals surface area contributed by atoms with Crippen molar-refractivity contribution in [3.05, 3.63) is 116 Å². The van der Waals surface area contributed by atoms with E-state index in [2.05, 4.69) is 0 Å². The number of carboxylic acid groups (broad SMARTS) is 1. The van der Waals surface area contributed by atoms with Crippen molar-refractivity contribution in [2.75, 3.05) is 0 Å². The number of aromatic hydroxyl groups is 4. The first-order chi connectivity index (χ1) is 18.1. The van der Waals surface area contributed by atoms with E-state index < -0.39 is 35.1 Å². The number of carbonyl (C=O) groups excluding carboxylic acids is 2. The number of carboxylic acids is 1. The summed E-state index contributed by atoms with van der Waals surface area (Å²) in [6, 6.07) is 14.5. The minimum atomic E-state index is -1.32. The van der Waals surface area contributed by atoms with Gasteiger partial charge in [-0.05, 0) is 65.1 Å². The van der Waals surface area contributed by atoms with Gasteiger partial charge in [-0.2, -0.15) is 0 Å². The number of aromatic carboxylic acids is 1. The van der Waals surface area contributed by atoms with Crippen LogP contribution in [0.15, 0.2) is 60.7 Å². The summed E-state index contributed by atoms with van der Waals surface area (Å²) in [7, 11) is 0. The maximum atomic E-state index is 13.6. The molecule has 0 aliphatic heterocycles. The van der Waals surface area contributed by atoms with Crippen LogP contribution in [-0.2, 0) is 0 Å². The molecule has 5 N–H and O–H groups in total. The molecule has 4 aromatic rings. The van der Waals surface area contributed by atoms with Crippen molar-refractivity contribution in [1.82, 2.24) is 0 Å². The quantitative estimate of drug-likeness (QED) is 0.264. The van der Waals surface area contributed by atoms with Crippen molar-refractivity contribution in [3.63, 3.8) is 0 Å². The number of phenolic OH excluding ortho intramolecular Hbond substituents is 4. The number of fused-ring (bicyclic) bond motifs is 4. The molecule has 0 saturated carbocycles. The van der Waals surface area contributed by atoms with Crippen molar-refractivity contribution in [3.8, 4) is 23.0 Å². The molecule has 2 aliphatic rings. The fourth-order valence-corrected chi connectivity index (χ4v) is 5.98. The first kappa shape index (κ1) is 23.3. The number of ketones is 2. The zero-order chi connectivity index (χ0) is 27.0. The predicted octanol–water partition coefficient (Wildman–Crippen LogP) is 4.57. The van der Waals surface area contributed by atoms with Crippen LogP contribution in [0.25, 0.3) is 0 Å². The van der Waals surface area contributed by atoms with Gasteiger partial charge in [-0.15, -0.1) is 0 Å². The van der Waals surface area contributed by atoms with Gasteiger partial charge in [0.2, 0.25) is 11.6 Å². The highest BCUT2D eigenvalue weighted by Crippen LogP contribution is 2.55. The zero-order valence-electron chi connectivity index (χ0n) is 19.9. The topological polar surface area (TPSA) is 152 Å². The summed E-state index contributed by atoms with van der Waals surface area (Å²) in [5.74, 6) is -5.72. The van der Waals surface area contributed by atoms with E-state index in [0.29, 0.717) is 22.3 Å². The summed E-state index contributed by atoms with van der Waals surface area (Å²) < 4.78 is 0. The van der Waals surface area contributed by atoms with Crippen molar-refractivity contribution in [1.29, 1.82) is 0 Å². The number of aryl methyl sites for hydroxylation is 1. The van der Waals surface area contributed by atoms with Crippen LogP contribution in [-0.4, -0.2) is 43.1 Å². The van der Waals surface area contributed by atoms with Gasteiger partial charge in [0.15, 0.2) is 0 Å². The summed E-state index contributed by atoms with van der Waals surface area (Å²) in [4.78, 5) is 39.0. The number of benzene rings is 4. The molecule has 0 radical (unpaired) electrons. The Morgan fingerprint density at radius 1 is 0.605 bits per heavy atom. The molecule has 0 aromatic heterocycles. The van der Waals surface area contributed by atoms with Gasteiger partial charge in [0.25, 0.3) is 0 Å². The van der Waals surface area contributed by atoms with Gasteiger partial charge in [-0.3, -0.25) is 9.59 Å².